The van der Waals surface area contributed by atoms with Gasteiger partial charge in [-0.3, -0.25) is 4.98 Å². The zero-order valence-corrected chi connectivity index (χ0v) is 10.4. The minimum atomic E-state index is 0.119. The predicted molar refractivity (Wildman–Crippen MR) is 76.2 cm³/mol. The number of hydrogen-bond acceptors (Lipinski definition) is 4. The second-order valence-corrected chi connectivity index (χ2v) is 4.46. The summed E-state index contributed by atoms with van der Waals surface area (Å²) in [4.78, 5) is 4.36. The van der Waals surface area contributed by atoms with Gasteiger partial charge in [-0.1, -0.05) is 36.4 Å². The third kappa shape index (κ3) is 2.38. The molecule has 1 aliphatic rings. The summed E-state index contributed by atoms with van der Waals surface area (Å²) in [6, 6.07) is 16.0. The average Bonchev–Trinajstić information content (AvgIpc) is 2.49. The molecule has 1 aliphatic heterocycles. The molecule has 19 heavy (non-hydrogen) atoms. The largest absolute Gasteiger partial charge is 0.386 e. The number of hydrogen-bond donors (Lipinski definition) is 1. The summed E-state index contributed by atoms with van der Waals surface area (Å²) in [6.45, 7) is 0. The molecule has 0 aliphatic carbocycles. The molecule has 1 unspecified atom stereocenters. The molecular weight excluding hydrogens is 236 g/mol. The fourth-order valence-electron chi connectivity index (χ4n) is 2.24. The van der Waals surface area contributed by atoms with Crippen molar-refractivity contribution in [2.75, 3.05) is 0 Å². The molecule has 4 heteroatoms. The average molecular weight is 250 g/mol. The molecule has 0 bridgehead atoms. The van der Waals surface area contributed by atoms with Gasteiger partial charge in [0.05, 0.1) is 11.4 Å². The van der Waals surface area contributed by atoms with Crippen molar-refractivity contribution in [3.63, 3.8) is 0 Å². The van der Waals surface area contributed by atoms with E-state index in [1.165, 1.54) is 5.56 Å². The smallest absolute Gasteiger partial charge is 0.123 e. The van der Waals surface area contributed by atoms with E-state index in [1.54, 1.807) is 6.20 Å². The maximum atomic E-state index is 5.83. The summed E-state index contributed by atoms with van der Waals surface area (Å²) in [6.07, 6.45) is 2.45. The van der Waals surface area contributed by atoms with Gasteiger partial charge in [0.15, 0.2) is 0 Å². The Balaban J connectivity index is 2.04. The Kier molecular flexibility index (Phi) is 3.06. The van der Waals surface area contributed by atoms with E-state index in [0.29, 0.717) is 12.3 Å². The van der Waals surface area contributed by atoms with Crippen LogP contribution >= 0.6 is 0 Å². The van der Waals surface area contributed by atoms with Gasteiger partial charge in [-0.25, -0.2) is 0 Å². The summed E-state index contributed by atoms with van der Waals surface area (Å²) >= 11 is 0. The molecule has 4 nitrogen and oxygen atoms in total. The minimum absolute atomic E-state index is 0.119. The number of nitrogens with zero attached hydrogens (tertiary/aromatic N) is 3. The van der Waals surface area contributed by atoms with Crippen molar-refractivity contribution in [2.45, 2.75) is 12.3 Å². The van der Waals surface area contributed by atoms with E-state index in [9.17, 15) is 0 Å². The van der Waals surface area contributed by atoms with Crippen LogP contribution in [0.2, 0.25) is 0 Å². The van der Waals surface area contributed by atoms with Gasteiger partial charge >= 0.3 is 0 Å². The van der Waals surface area contributed by atoms with E-state index >= 15 is 0 Å². The molecule has 94 valence electrons. The molecule has 2 N–H and O–H groups in total. The highest BCUT2D eigenvalue weighted by molar-refractivity contribution is 6.07. The number of rotatable bonds is 2. The van der Waals surface area contributed by atoms with Crippen molar-refractivity contribution in [3.8, 4) is 0 Å². The van der Waals surface area contributed by atoms with Crippen molar-refractivity contribution in [3.05, 3.63) is 66.0 Å². The summed E-state index contributed by atoms with van der Waals surface area (Å²) in [5, 5.41) is 8.26. The molecule has 0 fully saturated rings. The van der Waals surface area contributed by atoms with Crippen LogP contribution in [-0.2, 0) is 0 Å². The Morgan fingerprint density at radius 2 is 1.74 bits per heavy atom. The second-order valence-electron chi connectivity index (χ2n) is 4.46. The molecular formula is C15H14N4. The Morgan fingerprint density at radius 1 is 0.947 bits per heavy atom. The van der Waals surface area contributed by atoms with Crippen LogP contribution in [0.5, 0.6) is 0 Å². The Morgan fingerprint density at radius 3 is 2.47 bits per heavy atom. The summed E-state index contributed by atoms with van der Waals surface area (Å²) in [5.74, 6) is 0.683. The molecule has 2 aromatic rings. The maximum Gasteiger partial charge on any atom is 0.123 e. The quantitative estimate of drug-likeness (QED) is 0.889. The topological polar surface area (TPSA) is 63.6 Å². The Bertz CT molecular complexity index is 617. The van der Waals surface area contributed by atoms with Crippen LogP contribution in [0, 0.1) is 0 Å². The minimum Gasteiger partial charge on any atom is -0.386 e. The number of nitrogens with two attached hydrogens (primary N) is 1. The van der Waals surface area contributed by atoms with Crippen LogP contribution < -0.4 is 5.73 Å². The lowest BCUT2D eigenvalue weighted by atomic mass is 9.88. The molecule has 0 amide bonds. The van der Waals surface area contributed by atoms with Gasteiger partial charge in [0.1, 0.15) is 5.84 Å². The number of aromatic nitrogens is 1. The van der Waals surface area contributed by atoms with Gasteiger partial charge in [0, 0.05) is 18.5 Å². The third-order valence-electron chi connectivity index (χ3n) is 3.16. The number of pyridine rings is 1. The van der Waals surface area contributed by atoms with Crippen LogP contribution in [0.3, 0.4) is 0 Å². The van der Waals surface area contributed by atoms with Gasteiger partial charge in [0.2, 0.25) is 0 Å². The zero-order chi connectivity index (χ0) is 13.1. The van der Waals surface area contributed by atoms with Gasteiger partial charge in [-0.2, -0.15) is 5.10 Å². The fraction of sp³-hybridized carbons (Fsp3) is 0.133. The lowest BCUT2D eigenvalue weighted by Gasteiger charge is -2.21. The van der Waals surface area contributed by atoms with Gasteiger partial charge in [0.25, 0.3) is 0 Å². The first-order valence-corrected chi connectivity index (χ1v) is 6.21. The molecule has 3 rings (SSSR count). The molecule has 0 radical (unpaired) electrons. The molecule has 0 saturated heterocycles. The molecule has 0 saturated carbocycles. The molecule has 1 atom stereocenters. The molecule has 1 aromatic carbocycles. The highest BCUT2D eigenvalue weighted by Crippen LogP contribution is 2.26. The SMILES string of the molecule is NC1=NN=C(c2ccccn2)C(c2ccccc2)C1. The summed E-state index contributed by atoms with van der Waals surface area (Å²) < 4.78 is 0. The van der Waals surface area contributed by atoms with E-state index in [2.05, 4.69) is 27.3 Å². The fourth-order valence-corrected chi connectivity index (χ4v) is 2.24. The highest BCUT2D eigenvalue weighted by atomic mass is 15.2. The number of benzene rings is 1. The van der Waals surface area contributed by atoms with Gasteiger partial charge in [-0.15, -0.1) is 5.10 Å². The van der Waals surface area contributed by atoms with Gasteiger partial charge in [-0.05, 0) is 17.7 Å². The van der Waals surface area contributed by atoms with E-state index in [1.807, 2.05) is 36.4 Å². The van der Waals surface area contributed by atoms with Crippen LogP contribution in [0.25, 0.3) is 0 Å². The first-order chi connectivity index (χ1) is 9.34. The maximum absolute atomic E-state index is 5.83. The first kappa shape index (κ1) is 11.6. The lowest BCUT2D eigenvalue weighted by Crippen LogP contribution is -2.26. The zero-order valence-electron chi connectivity index (χ0n) is 10.4. The van der Waals surface area contributed by atoms with Crippen molar-refractivity contribution in [2.24, 2.45) is 15.9 Å². The molecule has 0 spiro atoms. The Labute approximate surface area is 111 Å². The molecule has 1 aromatic heterocycles. The van der Waals surface area contributed by atoms with Crippen molar-refractivity contribution >= 4 is 11.5 Å². The van der Waals surface area contributed by atoms with Crippen molar-refractivity contribution in [1.82, 2.24) is 4.98 Å². The number of amidine groups is 1. The lowest BCUT2D eigenvalue weighted by molar-refractivity contribution is 0.881. The van der Waals surface area contributed by atoms with Crippen LogP contribution in [0.15, 0.2) is 64.9 Å². The van der Waals surface area contributed by atoms with Crippen LogP contribution in [-0.4, -0.2) is 16.5 Å². The second kappa shape index (κ2) is 5.02. The highest BCUT2D eigenvalue weighted by Gasteiger charge is 2.25. The normalized spacial score (nSPS) is 18.6. The first-order valence-electron chi connectivity index (χ1n) is 6.21. The molecule has 2 heterocycles. The van der Waals surface area contributed by atoms with Crippen LogP contribution in [0.1, 0.15) is 23.6 Å². The van der Waals surface area contributed by atoms with Crippen LogP contribution in [0.4, 0.5) is 0 Å². The standard InChI is InChI=1S/C15H14N4/c16-14-10-12(11-6-2-1-3-7-11)15(19-18-14)13-8-4-5-9-17-13/h1-9,12H,10H2,(H2,16,18). The summed E-state index contributed by atoms with van der Waals surface area (Å²) in [7, 11) is 0. The van der Waals surface area contributed by atoms with E-state index < -0.39 is 0 Å². The van der Waals surface area contributed by atoms with E-state index in [-0.39, 0.29) is 5.92 Å². The third-order valence-corrected chi connectivity index (χ3v) is 3.16. The Hall–Kier alpha value is -2.49. The summed E-state index contributed by atoms with van der Waals surface area (Å²) in [5.41, 5.74) is 8.74. The van der Waals surface area contributed by atoms with Crippen molar-refractivity contribution in [1.29, 1.82) is 0 Å². The van der Waals surface area contributed by atoms with Gasteiger partial charge < -0.3 is 5.73 Å². The predicted octanol–water partition coefficient (Wildman–Crippen LogP) is 2.33. The van der Waals surface area contributed by atoms with E-state index in [4.69, 9.17) is 5.73 Å². The van der Waals surface area contributed by atoms with E-state index in [0.717, 1.165) is 11.4 Å². The monoisotopic (exact) mass is 250 g/mol. The van der Waals surface area contributed by atoms with Crippen molar-refractivity contribution < 1.29 is 0 Å².